The number of halogens is 1. The third-order valence-corrected chi connectivity index (χ3v) is 3.11. The Morgan fingerprint density at radius 1 is 1.38 bits per heavy atom. The van der Waals surface area contributed by atoms with Crippen molar-refractivity contribution in [3.05, 3.63) is 46.0 Å². The van der Waals surface area contributed by atoms with E-state index in [1.54, 1.807) is 0 Å². The van der Waals surface area contributed by atoms with Crippen LogP contribution in [0, 0.1) is 6.92 Å². The minimum atomic E-state index is 0.613. The summed E-state index contributed by atoms with van der Waals surface area (Å²) in [5.74, 6) is 0.672. The molecule has 16 heavy (non-hydrogen) atoms. The van der Waals surface area contributed by atoms with Gasteiger partial charge in [-0.3, -0.25) is 0 Å². The monoisotopic (exact) mass is 281 g/mol. The molecule has 5 heteroatoms. The number of aromatic nitrogens is 2. The highest BCUT2D eigenvalue weighted by Gasteiger charge is 1.99. The Labute approximate surface area is 102 Å². The molecule has 84 valence electrons. The van der Waals surface area contributed by atoms with Gasteiger partial charge in [0, 0.05) is 11.0 Å². The summed E-state index contributed by atoms with van der Waals surface area (Å²) in [6.07, 6.45) is 1.33. The second kappa shape index (κ2) is 5.23. The van der Waals surface area contributed by atoms with Gasteiger partial charge in [-0.2, -0.15) is 4.98 Å². The van der Waals surface area contributed by atoms with Gasteiger partial charge in [-0.15, -0.1) is 0 Å². The fourth-order valence-electron chi connectivity index (χ4n) is 1.34. The van der Waals surface area contributed by atoms with Crippen molar-refractivity contribution in [1.29, 1.82) is 0 Å². The molecule has 1 aromatic heterocycles. The number of nitrogens with zero attached hydrogens (tertiary/aromatic N) is 2. The molecule has 0 aliphatic rings. The highest BCUT2D eigenvalue weighted by molar-refractivity contribution is 9.10. The maximum atomic E-state index is 4.64. The topological polar surface area (TPSA) is 51.0 Å². The molecule has 1 N–H and O–H groups in total. The van der Waals surface area contributed by atoms with Crippen LogP contribution in [0.3, 0.4) is 0 Å². The zero-order chi connectivity index (χ0) is 11.4. The van der Waals surface area contributed by atoms with Gasteiger partial charge in [-0.05, 0) is 24.1 Å². The first kappa shape index (κ1) is 11.3. The number of hydrogen-bond donors (Lipinski definition) is 1. The second-order valence-corrected chi connectivity index (χ2v) is 4.39. The summed E-state index contributed by atoms with van der Waals surface area (Å²) in [5.41, 5.74) is 2.46. The summed E-state index contributed by atoms with van der Waals surface area (Å²) in [4.78, 5) is 3.93. The number of aryl methyl sites for hydroxylation is 1. The van der Waals surface area contributed by atoms with E-state index in [9.17, 15) is 0 Å². The summed E-state index contributed by atoms with van der Waals surface area (Å²) >= 11 is 3.51. The van der Waals surface area contributed by atoms with Gasteiger partial charge in [0.1, 0.15) is 0 Å². The lowest BCUT2D eigenvalue weighted by Crippen LogP contribution is -2.13. The van der Waals surface area contributed by atoms with E-state index in [0.717, 1.165) is 11.0 Å². The van der Waals surface area contributed by atoms with Crippen LogP contribution >= 0.6 is 15.9 Å². The van der Waals surface area contributed by atoms with Crippen LogP contribution in [0.25, 0.3) is 0 Å². The molecule has 0 spiro atoms. The normalized spacial score (nSPS) is 10.6. The van der Waals surface area contributed by atoms with Crippen molar-refractivity contribution in [1.82, 2.24) is 15.5 Å². The van der Waals surface area contributed by atoms with Crippen LogP contribution in [-0.2, 0) is 13.1 Å². The molecule has 0 fully saturated rings. The fourth-order valence-corrected chi connectivity index (χ4v) is 1.76. The van der Waals surface area contributed by atoms with Crippen molar-refractivity contribution in [2.24, 2.45) is 0 Å². The summed E-state index contributed by atoms with van der Waals surface area (Å²) in [6, 6.07) is 6.30. The van der Waals surface area contributed by atoms with Crippen molar-refractivity contribution >= 4 is 15.9 Å². The van der Waals surface area contributed by atoms with Crippen molar-refractivity contribution in [2.75, 3.05) is 0 Å². The van der Waals surface area contributed by atoms with Gasteiger partial charge in [0.25, 0.3) is 0 Å². The first-order valence-electron chi connectivity index (χ1n) is 4.96. The van der Waals surface area contributed by atoms with E-state index >= 15 is 0 Å². The van der Waals surface area contributed by atoms with Crippen LogP contribution in [0.2, 0.25) is 0 Å². The highest BCUT2D eigenvalue weighted by Crippen LogP contribution is 2.17. The lowest BCUT2D eigenvalue weighted by atomic mass is 10.1. The summed E-state index contributed by atoms with van der Waals surface area (Å²) in [5, 5.41) is 6.97. The number of rotatable bonds is 4. The van der Waals surface area contributed by atoms with Gasteiger partial charge < -0.3 is 9.84 Å². The molecule has 0 unspecified atom stereocenters. The smallest absolute Gasteiger partial charge is 0.213 e. The van der Waals surface area contributed by atoms with E-state index < -0.39 is 0 Å². The number of hydrogen-bond acceptors (Lipinski definition) is 4. The van der Waals surface area contributed by atoms with Crippen molar-refractivity contribution in [3.8, 4) is 0 Å². The predicted octanol–water partition coefficient (Wildman–Crippen LogP) is 2.43. The van der Waals surface area contributed by atoms with E-state index in [0.29, 0.717) is 12.4 Å². The molecule has 0 radical (unpaired) electrons. The predicted molar refractivity (Wildman–Crippen MR) is 63.7 cm³/mol. The average molecular weight is 282 g/mol. The molecule has 0 aliphatic heterocycles. The number of benzene rings is 1. The Balaban J connectivity index is 1.87. The van der Waals surface area contributed by atoms with Gasteiger partial charge in [0.15, 0.2) is 5.82 Å². The van der Waals surface area contributed by atoms with Gasteiger partial charge in [-0.25, -0.2) is 0 Å². The summed E-state index contributed by atoms with van der Waals surface area (Å²) < 4.78 is 5.77. The van der Waals surface area contributed by atoms with Crippen LogP contribution in [0.5, 0.6) is 0 Å². The zero-order valence-corrected chi connectivity index (χ0v) is 10.5. The Bertz CT molecular complexity index is 456. The Kier molecular flexibility index (Phi) is 3.69. The number of nitrogens with one attached hydrogen (secondary N) is 1. The van der Waals surface area contributed by atoms with E-state index in [-0.39, 0.29) is 0 Å². The van der Waals surface area contributed by atoms with E-state index in [1.165, 1.54) is 17.5 Å². The average Bonchev–Trinajstić information content (AvgIpc) is 2.76. The van der Waals surface area contributed by atoms with Crippen molar-refractivity contribution in [2.45, 2.75) is 20.0 Å². The standard InChI is InChI=1S/C11H12BrN3O/c1-8-2-3-9(4-10(8)12)5-13-6-11-14-7-16-15-11/h2-4,7,13H,5-6H2,1H3. The van der Waals surface area contributed by atoms with Gasteiger partial charge in [-0.1, -0.05) is 33.2 Å². The van der Waals surface area contributed by atoms with Crippen LogP contribution in [0.4, 0.5) is 0 Å². The Morgan fingerprint density at radius 2 is 2.25 bits per heavy atom. The third kappa shape index (κ3) is 2.90. The van der Waals surface area contributed by atoms with Crippen molar-refractivity contribution in [3.63, 3.8) is 0 Å². The van der Waals surface area contributed by atoms with Gasteiger partial charge in [0.2, 0.25) is 6.39 Å². The molecular weight excluding hydrogens is 270 g/mol. The van der Waals surface area contributed by atoms with Crippen molar-refractivity contribution < 1.29 is 4.52 Å². The molecule has 4 nitrogen and oxygen atoms in total. The molecular formula is C11H12BrN3O. The van der Waals surface area contributed by atoms with Crippen LogP contribution in [0.1, 0.15) is 17.0 Å². The molecule has 2 aromatic rings. The largest absolute Gasteiger partial charge is 0.343 e. The molecule has 0 bridgehead atoms. The molecule has 0 atom stereocenters. The van der Waals surface area contributed by atoms with E-state index in [4.69, 9.17) is 0 Å². The molecule has 1 aromatic carbocycles. The maximum absolute atomic E-state index is 4.64. The summed E-state index contributed by atoms with van der Waals surface area (Å²) in [6.45, 7) is 3.47. The minimum Gasteiger partial charge on any atom is -0.343 e. The Morgan fingerprint density at radius 3 is 2.94 bits per heavy atom. The minimum absolute atomic E-state index is 0.613. The SMILES string of the molecule is Cc1ccc(CNCc2ncon2)cc1Br. The van der Waals surface area contributed by atoms with Gasteiger partial charge in [0.05, 0.1) is 6.54 Å². The third-order valence-electron chi connectivity index (χ3n) is 2.26. The molecule has 0 amide bonds. The first-order chi connectivity index (χ1) is 7.75. The Hall–Kier alpha value is -1.20. The van der Waals surface area contributed by atoms with Crippen LogP contribution in [-0.4, -0.2) is 10.1 Å². The molecule has 0 aliphatic carbocycles. The molecule has 2 rings (SSSR count). The first-order valence-corrected chi connectivity index (χ1v) is 5.76. The van der Waals surface area contributed by atoms with Gasteiger partial charge >= 0.3 is 0 Å². The van der Waals surface area contributed by atoms with Crippen LogP contribution in [0.15, 0.2) is 33.6 Å². The lowest BCUT2D eigenvalue weighted by molar-refractivity contribution is 0.407. The van der Waals surface area contributed by atoms with Crippen LogP contribution < -0.4 is 5.32 Å². The quantitative estimate of drug-likeness (QED) is 0.935. The van der Waals surface area contributed by atoms with E-state index in [1.807, 2.05) is 0 Å². The molecule has 0 saturated heterocycles. The lowest BCUT2D eigenvalue weighted by Gasteiger charge is -2.04. The maximum Gasteiger partial charge on any atom is 0.213 e. The summed E-state index contributed by atoms with van der Waals surface area (Å²) in [7, 11) is 0. The fraction of sp³-hybridized carbons (Fsp3) is 0.273. The molecule has 0 saturated carbocycles. The second-order valence-electron chi connectivity index (χ2n) is 3.53. The zero-order valence-electron chi connectivity index (χ0n) is 8.90. The van der Waals surface area contributed by atoms with E-state index in [2.05, 4.69) is 61.0 Å². The highest BCUT2D eigenvalue weighted by atomic mass is 79.9. The molecule has 1 heterocycles.